The second kappa shape index (κ2) is 8.40. The van der Waals surface area contributed by atoms with Crippen molar-refractivity contribution in [3.63, 3.8) is 0 Å². The fourth-order valence-electron chi connectivity index (χ4n) is 1.28. The number of hydrazine groups is 1. The van der Waals surface area contributed by atoms with Crippen LogP contribution in [0, 0.1) is 0 Å². The Bertz CT molecular complexity index is 373. The van der Waals surface area contributed by atoms with Crippen molar-refractivity contribution in [2.75, 3.05) is 38.9 Å². The van der Waals surface area contributed by atoms with Crippen LogP contribution in [0.15, 0.2) is 18.5 Å². The highest BCUT2D eigenvalue weighted by Gasteiger charge is 2.09. The van der Waals surface area contributed by atoms with Crippen LogP contribution in [0.2, 0.25) is 0 Å². The first kappa shape index (κ1) is 14.4. The van der Waals surface area contributed by atoms with E-state index in [1.165, 1.54) is 6.20 Å². The molecule has 1 aromatic rings. The summed E-state index contributed by atoms with van der Waals surface area (Å²) in [4.78, 5) is 15.7. The van der Waals surface area contributed by atoms with E-state index in [4.69, 9.17) is 15.3 Å². The van der Waals surface area contributed by atoms with Crippen molar-refractivity contribution in [2.45, 2.75) is 0 Å². The van der Waals surface area contributed by atoms with Crippen molar-refractivity contribution in [1.82, 2.24) is 10.3 Å². The van der Waals surface area contributed by atoms with Crippen LogP contribution in [0.4, 0.5) is 5.69 Å². The summed E-state index contributed by atoms with van der Waals surface area (Å²) in [6.07, 6.45) is 3.01. The van der Waals surface area contributed by atoms with E-state index in [1.54, 1.807) is 19.4 Å². The van der Waals surface area contributed by atoms with E-state index in [1.807, 2.05) is 0 Å². The summed E-state index contributed by atoms with van der Waals surface area (Å²) in [5, 5.41) is 2.71. The standard InChI is InChI=1S/C11H18N4O3/c1-17-6-7-18-5-4-14-11(16)9-8-13-3-2-10(9)15-12/h2-3,8H,4-7,12H2,1H3,(H,13,15)(H,14,16). The lowest BCUT2D eigenvalue weighted by molar-refractivity contribution is 0.0693. The average Bonchev–Trinajstić information content (AvgIpc) is 2.42. The predicted molar refractivity (Wildman–Crippen MR) is 67.1 cm³/mol. The predicted octanol–water partition coefficient (Wildman–Crippen LogP) is -0.240. The lowest BCUT2D eigenvalue weighted by Crippen LogP contribution is -2.29. The minimum atomic E-state index is -0.244. The number of ether oxygens (including phenoxy) is 2. The molecule has 0 saturated carbocycles. The number of nitrogens with two attached hydrogens (primary N) is 1. The van der Waals surface area contributed by atoms with Gasteiger partial charge in [0.25, 0.3) is 5.91 Å². The highest BCUT2D eigenvalue weighted by molar-refractivity contribution is 5.99. The Kier molecular flexibility index (Phi) is 6.70. The average molecular weight is 254 g/mol. The third-order valence-corrected chi connectivity index (χ3v) is 2.18. The van der Waals surface area contributed by atoms with Crippen LogP contribution in [-0.4, -0.2) is 44.4 Å². The van der Waals surface area contributed by atoms with Gasteiger partial charge in [-0.25, -0.2) is 0 Å². The van der Waals surface area contributed by atoms with Crippen LogP contribution < -0.4 is 16.6 Å². The van der Waals surface area contributed by atoms with Gasteiger partial charge in [0, 0.05) is 26.0 Å². The van der Waals surface area contributed by atoms with Crippen molar-refractivity contribution >= 4 is 11.6 Å². The van der Waals surface area contributed by atoms with Gasteiger partial charge in [0.05, 0.1) is 31.1 Å². The van der Waals surface area contributed by atoms with Crippen LogP contribution in [0.1, 0.15) is 10.4 Å². The van der Waals surface area contributed by atoms with E-state index in [9.17, 15) is 4.79 Å². The molecule has 0 bridgehead atoms. The highest BCUT2D eigenvalue weighted by atomic mass is 16.5. The van der Waals surface area contributed by atoms with Crippen LogP contribution >= 0.6 is 0 Å². The number of pyridine rings is 1. The van der Waals surface area contributed by atoms with Gasteiger partial charge < -0.3 is 20.2 Å². The molecule has 7 nitrogen and oxygen atoms in total. The highest BCUT2D eigenvalue weighted by Crippen LogP contribution is 2.10. The number of hydrogen-bond donors (Lipinski definition) is 3. The van der Waals surface area contributed by atoms with Crippen molar-refractivity contribution < 1.29 is 14.3 Å². The van der Waals surface area contributed by atoms with Gasteiger partial charge in [-0.2, -0.15) is 0 Å². The largest absolute Gasteiger partial charge is 0.382 e. The molecule has 1 amide bonds. The summed E-state index contributed by atoms with van der Waals surface area (Å²) in [5.74, 6) is 5.06. The zero-order chi connectivity index (χ0) is 13.2. The maximum Gasteiger partial charge on any atom is 0.255 e. The fourth-order valence-corrected chi connectivity index (χ4v) is 1.28. The minimum Gasteiger partial charge on any atom is -0.382 e. The molecule has 0 aliphatic carbocycles. The van der Waals surface area contributed by atoms with Gasteiger partial charge in [-0.05, 0) is 6.07 Å². The molecule has 0 aromatic carbocycles. The maximum absolute atomic E-state index is 11.8. The first-order valence-electron chi connectivity index (χ1n) is 5.55. The first-order chi connectivity index (χ1) is 8.79. The number of nitrogen functional groups attached to an aromatic ring is 1. The quantitative estimate of drug-likeness (QED) is 0.336. The molecule has 0 saturated heterocycles. The summed E-state index contributed by atoms with van der Waals surface area (Å²) in [6, 6.07) is 1.63. The van der Waals surface area contributed by atoms with Crippen LogP contribution in [0.25, 0.3) is 0 Å². The van der Waals surface area contributed by atoms with E-state index in [2.05, 4.69) is 15.7 Å². The van der Waals surface area contributed by atoms with Crippen molar-refractivity contribution in [3.8, 4) is 0 Å². The van der Waals surface area contributed by atoms with Gasteiger partial charge in [-0.1, -0.05) is 0 Å². The topological polar surface area (TPSA) is 98.5 Å². The van der Waals surface area contributed by atoms with Gasteiger partial charge in [0.1, 0.15) is 0 Å². The summed E-state index contributed by atoms with van der Waals surface area (Å²) in [5.41, 5.74) is 3.38. The lowest BCUT2D eigenvalue weighted by atomic mass is 10.2. The van der Waals surface area contributed by atoms with E-state index in [-0.39, 0.29) is 5.91 Å². The molecule has 1 rings (SSSR count). The second-order valence-electron chi connectivity index (χ2n) is 3.43. The molecular formula is C11H18N4O3. The lowest BCUT2D eigenvalue weighted by Gasteiger charge is -2.09. The Morgan fingerprint density at radius 1 is 1.44 bits per heavy atom. The monoisotopic (exact) mass is 254 g/mol. The number of nitrogens with one attached hydrogen (secondary N) is 2. The van der Waals surface area contributed by atoms with Crippen LogP contribution in [0.3, 0.4) is 0 Å². The molecule has 18 heavy (non-hydrogen) atoms. The molecule has 1 aromatic heterocycles. The number of methoxy groups -OCH3 is 1. The molecule has 0 aliphatic heterocycles. The molecule has 100 valence electrons. The number of carbonyl (C=O) groups is 1. The normalized spacial score (nSPS) is 10.1. The summed E-state index contributed by atoms with van der Waals surface area (Å²) < 4.78 is 10.0. The van der Waals surface area contributed by atoms with Gasteiger partial charge in [0.15, 0.2) is 0 Å². The Balaban J connectivity index is 2.32. The fraction of sp³-hybridized carbons (Fsp3) is 0.455. The molecule has 0 radical (unpaired) electrons. The Morgan fingerprint density at radius 2 is 2.28 bits per heavy atom. The molecule has 0 spiro atoms. The number of anilines is 1. The summed E-state index contributed by atoms with van der Waals surface area (Å²) in [7, 11) is 1.61. The second-order valence-corrected chi connectivity index (χ2v) is 3.43. The summed E-state index contributed by atoms with van der Waals surface area (Å²) >= 11 is 0. The van der Waals surface area contributed by atoms with E-state index < -0.39 is 0 Å². The van der Waals surface area contributed by atoms with E-state index in [0.717, 1.165) is 0 Å². The smallest absolute Gasteiger partial charge is 0.255 e. The Hall–Kier alpha value is -1.70. The Morgan fingerprint density at radius 3 is 3.00 bits per heavy atom. The van der Waals surface area contributed by atoms with Gasteiger partial charge in [-0.15, -0.1) is 0 Å². The van der Waals surface area contributed by atoms with Crippen LogP contribution in [-0.2, 0) is 9.47 Å². The number of rotatable bonds is 8. The number of nitrogens with zero attached hydrogens (tertiary/aromatic N) is 1. The SMILES string of the molecule is COCCOCCNC(=O)c1cnccc1NN. The summed E-state index contributed by atoms with van der Waals surface area (Å²) in [6.45, 7) is 1.90. The van der Waals surface area contributed by atoms with Crippen molar-refractivity contribution in [1.29, 1.82) is 0 Å². The molecule has 7 heteroatoms. The molecule has 0 unspecified atom stereocenters. The molecule has 0 aliphatic rings. The number of carbonyl (C=O) groups excluding carboxylic acids is 1. The molecule has 0 fully saturated rings. The first-order valence-corrected chi connectivity index (χ1v) is 5.55. The Labute approximate surface area is 106 Å². The van der Waals surface area contributed by atoms with E-state index in [0.29, 0.717) is 37.6 Å². The third kappa shape index (κ3) is 4.66. The number of amides is 1. The van der Waals surface area contributed by atoms with Crippen molar-refractivity contribution in [3.05, 3.63) is 24.0 Å². The molecule has 0 atom stereocenters. The van der Waals surface area contributed by atoms with Crippen LogP contribution in [0.5, 0.6) is 0 Å². The van der Waals surface area contributed by atoms with Gasteiger partial charge in [-0.3, -0.25) is 15.6 Å². The maximum atomic E-state index is 11.8. The number of aromatic nitrogens is 1. The number of hydrogen-bond acceptors (Lipinski definition) is 6. The third-order valence-electron chi connectivity index (χ3n) is 2.18. The zero-order valence-corrected chi connectivity index (χ0v) is 10.3. The minimum absolute atomic E-state index is 0.244. The van der Waals surface area contributed by atoms with E-state index >= 15 is 0 Å². The van der Waals surface area contributed by atoms with Gasteiger partial charge in [0.2, 0.25) is 0 Å². The molecule has 1 heterocycles. The zero-order valence-electron chi connectivity index (χ0n) is 10.3. The molecule has 4 N–H and O–H groups in total. The van der Waals surface area contributed by atoms with Crippen molar-refractivity contribution in [2.24, 2.45) is 5.84 Å². The van der Waals surface area contributed by atoms with Gasteiger partial charge >= 0.3 is 0 Å². The molecular weight excluding hydrogens is 236 g/mol.